The number of aliphatic hydroxyl groups is 2. The molecule has 1 saturated carbocycles. The van der Waals surface area contributed by atoms with E-state index in [0.717, 1.165) is 0 Å². The number of phosphoric ester groups is 1. The van der Waals surface area contributed by atoms with Gasteiger partial charge in [-0.25, -0.2) is 24.5 Å². The van der Waals surface area contributed by atoms with Crippen LogP contribution in [0.4, 0.5) is 11.8 Å². The Morgan fingerprint density at radius 1 is 0.956 bits per heavy atom. The first kappa shape index (κ1) is 30.7. The lowest BCUT2D eigenvalue weighted by Crippen LogP contribution is -2.36. The summed E-state index contributed by atoms with van der Waals surface area (Å²) >= 11 is 5.23. The molecule has 9 N–H and O–H groups in total. The van der Waals surface area contributed by atoms with E-state index in [0.29, 0.717) is 0 Å². The Morgan fingerprint density at radius 2 is 1.71 bits per heavy atom. The average molecular weight is 689 g/mol. The number of anilines is 2. The van der Waals surface area contributed by atoms with Crippen LogP contribution in [0.15, 0.2) is 23.8 Å². The van der Waals surface area contributed by atoms with Gasteiger partial charge in [-0.2, -0.15) is 4.98 Å². The van der Waals surface area contributed by atoms with Gasteiger partial charge in [-0.15, -0.1) is 0 Å². The quantitative estimate of drug-likeness (QED) is 0.117. The second kappa shape index (κ2) is 11.1. The molecule has 1 aliphatic carbocycles. The maximum atomic E-state index is 13.3. The van der Waals surface area contributed by atoms with Crippen molar-refractivity contribution < 1.29 is 47.4 Å². The molecule has 4 aromatic heterocycles. The van der Waals surface area contributed by atoms with Crippen LogP contribution in [0.3, 0.4) is 0 Å². The number of nitrogens with two attached hydrogens (primary N) is 2. The minimum absolute atomic E-state index is 0.0273. The van der Waals surface area contributed by atoms with Gasteiger partial charge >= 0.3 is 14.5 Å². The van der Waals surface area contributed by atoms with Crippen LogP contribution < -0.4 is 17.0 Å². The summed E-state index contributed by atoms with van der Waals surface area (Å²) in [5.41, 5.74) is 11.4. The number of nitrogen functional groups attached to an aromatic ring is 2. The molecule has 2 saturated heterocycles. The maximum Gasteiger partial charge on any atom is 0.472 e. The van der Waals surface area contributed by atoms with Gasteiger partial charge in [0.2, 0.25) is 5.95 Å². The molecule has 3 fully saturated rings. The Hall–Kier alpha value is -2.98. The van der Waals surface area contributed by atoms with Crippen LogP contribution in [-0.4, -0.2) is 103 Å². The SMILES string of the molecule is Nc1nc2c(ncn2[C@@H]2C[C@@H]3COP(O)(=S)O[C@@H]4C(O)[C@H](n5cnc6c(N)ncnc65)O[C@@H]4COP(=O)(O)OC2C3O)c(=O)[nH]1. The van der Waals surface area contributed by atoms with E-state index in [-0.39, 0.29) is 47.1 Å². The van der Waals surface area contributed by atoms with Gasteiger partial charge < -0.3 is 45.3 Å². The van der Waals surface area contributed by atoms with Crippen LogP contribution in [-0.2, 0) is 39.2 Å². The summed E-state index contributed by atoms with van der Waals surface area (Å²) in [6.07, 6.45) is -4.63. The van der Waals surface area contributed by atoms with E-state index in [2.05, 4.69) is 29.9 Å². The van der Waals surface area contributed by atoms with Crippen molar-refractivity contribution in [3.05, 3.63) is 29.3 Å². The van der Waals surface area contributed by atoms with Crippen LogP contribution in [0, 0.1) is 5.92 Å². The van der Waals surface area contributed by atoms with E-state index < -0.39 is 75.4 Å². The van der Waals surface area contributed by atoms with Crippen molar-refractivity contribution in [1.82, 2.24) is 39.0 Å². The lowest BCUT2D eigenvalue weighted by Gasteiger charge is -2.27. The fourth-order valence-corrected chi connectivity index (χ4v) is 8.29. The zero-order chi connectivity index (χ0) is 31.8. The highest BCUT2D eigenvalue weighted by atomic mass is 32.5. The minimum Gasteiger partial charge on any atom is -0.390 e. The van der Waals surface area contributed by atoms with Crippen LogP contribution in [0.1, 0.15) is 18.7 Å². The Morgan fingerprint density at radius 3 is 2.51 bits per heavy atom. The highest BCUT2D eigenvalue weighted by Gasteiger charge is 2.52. The molecular formula is C21H26N10O11P2S. The standard InChI is InChI=1S/C21H26N10O11P2S/c22-16-10-17(25-4-24-16)31(6-26-10)20-13(33)15-9(40-20)3-38-43(35,36)41-14-8(1-7(12(14)32)2-39-44(37,45)42-15)30-5-27-11-18(30)28-21(23)29-19(11)34/h4-9,12-15,20,32-33H,1-3H2,(H,35,36)(H,37,45)(H2,22,24,25)(H3,23,28,29,34)/t7-,8-,9-,12?,13?,14?,15+,20-,44?/m1/s1. The number of hydrogen-bond donors (Lipinski definition) is 7. The van der Waals surface area contributed by atoms with Gasteiger partial charge in [0.25, 0.3) is 5.56 Å². The lowest BCUT2D eigenvalue weighted by atomic mass is 10.1. The van der Waals surface area contributed by atoms with E-state index in [1.54, 1.807) is 0 Å². The highest BCUT2D eigenvalue weighted by Crippen LogP contribution is 2.55. The van der Waals surface area contributed by atoms with Crippen molar-refractivity contribution in [1.29, 1.82) is 0 Å². The molecule has 7 rings (SSSR count). The molecule has 4 aromatic rings. The third-order valence-corrected chi connectivity index (χ3v) is 10.4. The van der Waals surface area contributed by atoms with Crippen LogP contribution >= 0.6 is 14.5 Å². The van der Waals surface area contributed by atoms with Crippen molar-refractivity contribution in [2.24, 2.45) is 5.92 Å². The van der Waals surface area contributed by atoms with E-state index in [1.807, 2.05) is 0 Å². The number of nitrogens with zero attached hydrogens (tertiary/aromatic N) is 7. The molecule has 0 aromatic carbocycles. The molecule has 0 radical (unpaired) electrons. The molecule has 3 aliphatic rings. The van der Waals surface area contributed by atoms with Gasteiger partial charge in [0.1, 0.15) is 36.3 Å². The van der Waals surface area contributed by atoms with Gasteiger partial charge in [0.05, 0.1) is 38.0 Å². The van der Waals surface area contributed by atoms with Gasteiger partial charge in [-0.05, 0) is 18.2 Å². The van der Waals surface area contributed by atoms with E-state index >= 15 is 0 Å². The number of aromatic amines is 1. The van der Waals surface area contributed by atoms with Crippen LogP contribution in [0.5, 0.6) is 0 Å². The zero-order valence-corrected chi connectivity index (χ0v) is 25.3. The Bertz CT molecular complexity index is 1940. The number of hydrogen-bond acceptors (Lipinski definition) is 17. The summed E-state index contributed by atoms with van der Waals surface area (Å²) in [4.78, 5) is 56.8. The Labute approximate surface area is 256 Å². The monoisotopic (exact) mass is 688 g/mol. The number of phosphoric acid groups is 1. The van der Waals surface area contributed by atoms with E-state index in [1.165, 1.54) is 28.1 Å². The van der Waals surface area contributed by atoms with Gasteiger partial charge in [0, 0.05) is 5.92 Å². The largest absolute Gasteiger partial charge is 0.472 e. The Balaban J connectivity index is 1.21. The topological polar surface area (TPSA) is 303 Å². The molecule has 242 valence electrons. The first-order chi connectivity index (χ1) is 21.3. The second-order valence-electron chi connectivity index (χ2n) is 10.6. The summed E-state index contributed by atoms with van der Waals surface area (Å²) in [5.74, 6) is -0.963. The molecular weight excluding hydrogens is 662 g/mol. The fourth-order valence-electron chi connectivity index (χ4n) is 5.83. The number of aliphatic hydroxyl groups excluding tert-OH is 2. The van der Waals surface area contributed by atoms with Crippen molar-refractivity contribution in [2.75, 3.05) is 24.7 Å². The summed E-state index contributed by atoms with van der Waals surface area (Å²) in [6.45, 7) is -5.24. The molecule has 0 spiro atoms. The first-order valence-corrected chi connectivity index (χ1v) is 17.4. The van der Waals surface area contributed by atoms with E-state index in [4.69, 9.17) is 46.1 Å². The third-order valence-electron chi connectivity index (χ3n) is 7.89. The highest BCUT2D eigenvalue weighted by molar-refractivity contribution is 8.07. The Kier molecular flexibility index (Phi) is 7.55. The normalized spacial score (nSPS) is 37.7. The molecule has 10 atom stereocenters. The minimum atomic E-state index is -4.98. The molecule has 2 aliphatic heterocycles. The van der Waals surface area contributed by atoms with Crippen molar-refractivity contribution in [3.63, 3.8) is 0 Å². The summed E-state index contributed by atoms with van der Waals surface area (Å²) in [7, 11) is -4.98. The molecule has 45 heavy (non-hydrogen) atoms. The molecule has 21 nitrogen and oxygen atoms in total. The molecule has 5 unspecified atom stereocenters. The number of aromatic nitrogens is 8. The van der Waals surface area contributed by atoms with Crippen molar-refractivity contribution in [2.45, 2.75) is 49.2 Å². The molecule has 24 heteroatoms. The maximum absolute atomic E-state index is 13.3. The lowest BCUT2D eigenvalue weighted by molar-refractivity contribution is -0.0551. The molecule has 6 heterocycles. The van der Waals surface area contributed by atoms with Crippen molar-refractivity contribution >= 4 is 60.4 Å². The first-order valence-electron chi connectivity index (χ1n) is 13.3. The number of fused-ring (bicyclic) bond motifs is 5. The van der Waals surface area contributed by atoms with Gasteiger partial charge in [0.15, 0.2) is 28.9 Å². The van der Waals surface area contributed by atoms with Crippen LogP contribution in [0.25, 0.3) is 22.3 Å². The predicted molar refractivity (Wildman–Crippen MR) is 153 cm³/mol. The van der Waals surface area contributed by atoms with Gasteiger partial charge in [-0.1, -0.05) is 0 Å². The number of ether oxygens (including phenoxy) is 1. The third kappa shape index (κ3) is 5.45. The summed E-state index contributed by atoms with van der Waals surface area (Å²) < 4.78 is 44.0. The van der Waals surface area contributed by atoms with E-state index in [9.17, 15) is 29.4 Å². The smallest absolute Gasteiger partial charge is 0.390 e. The number of imidazole rings is 2. The van der Waals surface area contributed by atoms with Crippen LogP contribution in [0.2, 0.25) is 0 Å². The molecule has 0 amide bonds. The average Bonchev–Trinajstić information content (AvgIpc) is 3.72. The zero-order valence-electron chi connectivity index (χ0n) is 22.7. The van der Waals surface area contributed by atoms with Crippen molar-refractivity contribution in [3.8, 4) is 0 Å². The second-order valence-corrected chi connectivity index (χ2v) is 14.8. The number of H-pyrrole nitrogens is 1. The summed E-state index contributed by atoms with van der Waals surface area (Å²) in [6, 6.07) is -0.928. The number of rotatable bonds is 2. The molecule has 2 bridgehead atoms. The number of nitrogens with one attached hydrogen (secondary N) is 1. The predicted octanol–water partition coefficient (Wildman–Crippen LogP) is -1.56. The summed E-state index contributed by atoms with van der Waals surface area (Å²) in [5, 5.41) is 22.4. The fraction of sp³-hybridized carbons (Fsp3) is 0.524. The van der Waals surface area contributed by atoms with Gasteiger partial charge in [-0.3, -0.25) is 27.9 Å².